The molecule has 10 heteroatoms. The SMILES string of the molecule is Cn1nc2n(c1=O)CCN(c1cccc3cc(C(=O)N4CCCC(C(F)(F)F)C4)ccc13)C2. The Morgan fingerprint density at radius 3 is 2.73 bits per heavy atom. The molecule has 0 radical (unpaired) electrons. The van der Waals surface area contributed by atoms with Gasteiger partial charge < -0.3 is 9.80 Å². The van der Waals surface area contributed by atoms with Gasteiger partial charge in [-0.15, -0.1) is 0 Å². The molecule has 0 saturated carbocycles. The average Bonchev–Trinajstić information content (AvgIpc) is 3.10. The van der Waals surface area contributed by atoms with Crippen LogP contribution < -0.4 is 10.6 Å². The van der Waals surface area contributed by atoms with Crippen LogP contribution in [0.4, 0.5) is 18.9 Å². The quantitative estimate of drug-likeness (QED) is 0.591. The third-order valence-corrected chi connectivity index (χ3v) is 6.63. The Morgan fingerprint density at radius 1 is 1.12 bits per heavy atom. The van der Waals surface area contributed by atoms with Crippen molar-refractivity contribution in [2.45, 2.75) is 32.1 Å². The van der Waals surface area contributed by atoms with Crippen LogP contribution in [0.15, 0.2) is 41.2 Å². The number of aryl methyl sites for hydroxylation is 1. The Morgan fingerprint density at radius 2 is 1.94 bits per heavy atom. The monoisotopic (exact) mass is 459 g/mol. The van der Waals surface area contributed by atoms with Crippen LogP contribution in [0.2, 0.25) is 0 Å². The second-order valence-corrected chi connectivity index (χ2v) is 8.74. The predicted molar refractivity (Wildman–Crippen MR) is 117 cm³/mol. The highest BCUT2D eigenvalue weighted by Gasteiger charge is 2.42. The first-order valence-corrected chi connectivity index (χ1v) is 11.0. The number of hydrogen-bond donors (Lipinski definition) is 0. The van der Waals surface area contributed by atoms with Crippen LogP contribution in [0.1, 0.15) is 29.0 Å². The zero-order chi connectivity index (χ0) is 23.3. The molecular weight excluding hydrogens is 435 g/mol. The van der Waals surface area contributed by atoms with E-state index in [9.17, 15) is 22.8 Å². The number of amides is 1. The normalized spacial score (nSPS) is 19.1. The van der Waals surface area contributed by atoms with E-state index in [1.165, 1.54) is 9.58 Å². The highest BCUT2D eigenvalue weighted by Crippen LogP contribution is 2.34. The van der Waals surface area contributed by atoms with Crippen molar-refractivity contribution in [2.24, 2.45) is 13.0 Å². The van der Waals surface area contributed by atoms with Crippen LogP contribution in [0, 0.1) is 5.92 Å². The van der Waals surface area contributed by atoms with Gasteiger partial charge in [-0.2, -0.15) is 18.3 Å². The minimum Gasteiger partial charge on any atom is -0.362 e. The van der Waals surface area contributed by atoms with Crippen LogP contribution in [-0.4, -0.2) is 51.0 Å². The fourth-order valence-electron chi connectivity index (χ4n) is 4.86. The minimum atomic E-state index is -4.29. The number of carbonyl (C=O) groups excluding carboxylic acids is 1. The number of carbonyl (C=O) groups is 1. The van der Waals surface area contributed by atoms with Gasteiger partial charge in [-0.1, -0.05) is 18.2 Å². The van der Waals surface area contributed by atoms with E-state index >= 15 is 0 Å². The van der Waals surface area contributed by atoms with Crippen LogP contribution in [-0.2, 0) is 20.1 Å². The maximum Gasteiger partial charge on any atom is 0.393 e. The van der Waals surface area contributed by atoms with Gasteiger partial charge >= 0.3 is 11.9 Å². The Hall–Kier alpha value is -3.30. The Labute approximate surface area is 188 Å². The number of likely N-dealkylation sites (tertiary alicyclic amines) is 1. The molecule has 1 fully saturated rings. The Kier molecular flexibility index (Phi) is 5.18. The van der Waals surface area contributed by atoms with Crippen molar-refractivity contribution in [1.29, 1.82) is 0 Å². The largest absolute Gasteiger partial charge is 0.393 e. The Bertz CT molecular complexity index is 1280. The number of hydrogen-bond acceptors (Lipinski definition) is 4. The van der Waals surface area contributed by atoms with Gasteiger partial charge in [-0.3, -0.25) is 9.36 Å². The first-order valence-electron chi connectivity index (χ1n) is 11.0. The van der Waals surface area contributed by atoms with Crippen LogP contribution in [0.5, 0.6) is 0 Å². The molecule has 33 heavy (non-hydrogen) atoms. The average molecular weight is 459 g/mol. The van der Waals surface area contributed by atoms with E-state index in [-0.39, 0.29) is 24.6 Å². The van der Waals surface area contributed by atoms with E-state index in [1.54, 1.807) is 23.7 Å². The number of rotatable bonds is 2. The summed E-state index contributed by atoms with van der Waals surface area (Å²) < 4.78 is 42.5. The highest BCUT2D eigenvalue weighted by molar-refractivity contribution is 6.02. The summed E-state index contributed by atoms with van der Waals surface area (Å²) in [5.41, 5.74) is 1.22. The molecule has 3 aromatic rings. The van der Waals surface area contributed by atoms with Crippen molar-refractivity contribution in [3.63, 3.8) is 0 Å². The molecule has 2 aliphatic heterocycles. The third-order valence-electron chi connectivity index (χ3n) is 6.63. The fourth-order valence-corrected chi connectivity index (χ4v) is 4.86. The number of aromatic nitrogens is 3. The first-order chi connectivity index (χ1) is 15.7. The standard InChI is InChI=1S/C23H24F3N5O2/c1-28-22(33)31-11-10-29(14-20(31)27-28)19-6-2-4-15-12-16(7-8-18(15)19)21(32)30-9-3-5-17(13-30)23(24,25)26/h2,4,6-8,12,17H,3,5,9-11,13-14H2,1H3. The molecule has 5 rings (SSSR count). The van der Waals surface area contributed by atoms with Gasteiger partial charge in [-0.25, -0.2) is 9.48 Å². The number of anilines is 1. The minimum absolute atomic E-state index is 0.0638. The van der Waals surface area contributed by atoms with E-state index in [0.29, 0.717) is 44.0 Å². The summed E-state index contributed by atoms with van der Waals surface area (Å²) >= 11 is 0. The molecular formula is C23H24F3N5O2. The molecule has 0 aliphatic carbocycles. The molecule has 1 unspecified atom stereocenters. The van der Waals surface area contributed by atoms with Crippen molar-refractivity contribution < 1.29 is 18.0 Å². The maximum absolute atomic E-state index is 13.2. The fraction of sp³-hybridized carbons (Fsp3) is 0.435. The molecule has 2 aromatic carbocycles. The number of piperidine rings is 1. The van der Waals surface area contributed by atoms with Crippen molar-refractivity contribution >= 4 is 22.4 Å². The van der Waals surface area contributed by atoms with E-state index in [2.05, 4.69) is 10.00 Å². The Balaban J connectivity index is 1.41. The van der Waals surface area contributed by atoms with Crippen LogP contribution in [0.25, 0.3) is 10.8 Å². The summed E-state index contributed by atoms with van der Waals surface area (Å²) in [4.78, 5) is 28.6. The lowest BCUT2D eigenvalue weighted by Gasteiger charge is -2.34. The summed E-state index contributed by atoms with van der Waals surface area (Å²) in [6.07, 6.45) is -3.88. The van der Waals surface area contributed by atoms with Gasteiger partial charge in [0.2, 0.25) is 0 Å². The smallest absolute Gasteiger partial charge is 0.362 e. The number of nitrogens with zero attached hydrogens (tertiary/aromatic N) is 5. The number of fused-ring (bicyclic) bond motifs is 2. The molecule has 1 atom stereocenters. The lowest BCUT2D eigenvalue weighted by molar-refractivity contribution is -0.184. The molecule has 1 aromatic heterocycles. The zero-order valence-electron chi connectivity index (χ0n) is 18.2. The number of halogens is 3. The van der Waals surface area contributed by atoms with Crippen molar-refractivity contribution in [3.05, 3.63) is 58.3 Å². The molecule has 2 aliphatic rings. The summed E-state index contributed by atoms with van der Waals surface area (Å²) in [5.74, 6) is -1.14. The molecule has 0 N–H and O–H groups in total. The van der Waals surface area contributed by atoms with E-state index in [1.807, 2.05) is 24.3 Å². The molecule has 1 saturated heterocycles. The number of alkyl halides is 3. The van der Waals surface area contributed by atoms with Crippen molar-refractivity contribution in [2.75, 3.05) is 24.5 Å². The molecule has 1 amide bonds. The lowest BCUT2D eigenvalue weighted by atomic mass is 9.96. The van der Waals surface area contributed by atoms with Crippen molar-refractivity contribution in [3.8, 4) is 0 Å². The molecule has 0 bridgehead atoms. The van der Waals surface area contributed by atoms with Crippen LogP contribution in [0.3, 0.4) is 0 Å². The van der Waals surface area contributed by atoms with Gasteiger partial charge in [0.15, 0.2) is 5.82 Å². The van der Waals surface area contributed by atoms with Crippen molar-refractivity contribution in [1.82, 2.24) is 19.2 Å². The second kappa shape index (κ2) is 7.93. The third kappa shape index (κ3) is 3.87. The predicted octanol–water partition coefficient (Wildman–Crippen LogP) is 3.17. The summed E-state index contributed by atoms with van der Waals surface area (Å²) in [6, 6.07) is 11.1. The summed E-state index contributed by atoms with van der Waals surface area (Å²) in [6.45, 7) is 1.71. The van der Waals surface area contributed by atoms with E-state index in [0.717, 1.165) is 16.5 Å². The van der Waals surface area contributed by atoms with Gasteiger partial charge in [0, 0.05) is 49.9 Å². The van der Waals surface area contributed by atoms with Crippen LogP contribution >= 0.6 is 0 Å². The summed E-state index contributed by atoms with van der Waals surface area (Å²) in [7, 11) is 1.63. The van der Waals surface area contributed by atoms with E-state index in [4.69, 9.17) is 0 Å². The number of benzene rings is 2. The van der Waals surface area contributed by atoms with Gasteiger partial charge in [0.05, 0.1) is 12.5 Å². The molecule has 7 nitrogen and oxygen atoms in total. The summed E-state index contributed by atoms with van der Waals surface area (Å²) in [5, 5.41) is 6.09. The zero-order valence-corrected chi connectivity index (χ0v) is 18.2. The second-order valence-electron chi connectivity index (χ2n) is 8.74. The lowest BCUT2D eigenvalue weighted by Crippen LogP contribution is -2.44. The topological polar surface area (TPSA) is 63.4 Å². The van der Waals surface area contributed by atoms with Gasteiger partial charge in [0.1, 0.15) is 0 Å². The molecule has 3 heterocycles. The van der Waals surface area contributed by atoms with Gasteiger partial charge in [-0.05, 0) is 36.4 Å². The maximum atomic E-state index is 13.2. The molecule has 174 valence electrons. The first kappa shape index (κ1) is 21.5. The van der Waals surface area contributed by atoms with E-state index < -0.39 is 12.1 Å². The highest BCUT2D eigenvalue weighted by atomic mass is 19.4. The molecule has 0 spiro atoms. The van der Waals surface area contributed by atoms with Gasteiger partial charge in [0.25, 0.3) is 5.91 Å².